The van der Waals surface area contributed by atoms with Crippen molar-refractivity contribution in [2.24, 2.45) is 0 Å². The summed E-state index contributed by atoms with van der Waals surface area (Å²) in [5.41, 5.74) is 1.59. The van der Waals surface area contributed by atoms with Gasteiger partial charge in [-0.05, 0) is 51.3 Å². The first-order valence-corrected chi connectivity index (χ1v) is 9.33. The van der Waals surface area contributed by atoms with Crippen LogP contribution < -0.4 is 15.4 Å². The number of amides is 2. The second kappa shape index (κ2) is 8.00. The second-order valence-corrected chi connectivity index (χ2v) is 7.20. The number of aromatic nitrogens is 2. The number of methoxy groups -OCH3 is 1. The molecule has 0 saturated heterocycles. The quantitative estimate of drug-likeness (QED) is 0.820. The van der Waals surface area contributed by atoms with Crippen LogP contribution in [0.2, 0.25) is 5.02 Å². The molecular formula is C19H23ClN4O3. The van der Waals surface area contributed by atoms with Crippen molar-refractivity contribution in [3.05, 3.63) is 40.4 Å². The molecule has 1 aliphatic heterocycles. The average Bonchev–Trinajstić information content (AvgIpc) is 3.01. The van der Waals surface area contributed by atoms with E-state index in [1.54, 1.807) is 18.2 Å². The molecule has 8 heteroatoms. The Bertz CT molecular complexity index is 876. The normalized spacial score (nSPS) is 13.2. The first-order valence-electron chi connectivity index (χ1n) is 8.96. The second-order valence-electron chi connectivity index (χ2n) is 6.77. The van der Waals surface area contributed by atoms with E-state index in [0.29, 0.717) is 28.7 Å². The third kappa shape index (κ3) is 4.08. The third-order valence-electron chi connectivity index (χ3n) is 4.37. The molecule has 0 bridgehead atoms. The van der Waals surface area contributed by atoms with E-state index >= 15 is 0 Å². The Morgan fingerprint density at radius 3 is 2.74 bits per heavy atom. The van der Waals surface area contributed by atoms with Gasteiger partial charge in [-0.1, -0.05) is 11.6 Å². The molecule has 1 aromatic heterocycles. The Morgan fingerprint density at radius 2 is 2.04 bits per heavy atom. The van der Waals surface area contributed by atoms with Gasteiger partial charge in [0.1, 0.15) is 11.4 Å². The van der Waals surface area contributed by atoms with Gasteiger partial charge in [-0.15, -0.1) is 0 Å². The molecule has 0 fully saturated rings. The minimum Gasteiger partial charge on any atom is -0.495 e. The number of fused-ring (bicyclic) bond motifs is 1. The molecule has 0 atom stereocenters. The number of anilines is 1. The van der Waals surface area contributed by atoms with Gasteiger partial charge >= 0.3 is 0 Å². The fourth-order valence-corrected chi connectivity index (χ4v) is 3.36. The van der Waals surface area contributed by atoms with Gasteiger partial charge < -0.3 is 19.9 Å². The van der Waals surface area contributed by atoms with Crippen LogP contribution >= 0.6 is 11.6 Å². The maximum atomic E-state index is 12.9. The number of nitrogens with zero attached hydrogens (tertiary/aromatic N) is 2. The predicted octanol–water partition coefficient (Wildman–Crippen LogP) is 3.27. The highest BCUT2D eigenvalue weighted by Gasteiger charge is 2.28. The van der Waals surface area contributed by atoms with Crippen molar-refractivity contribution < 1.29 is 14.3 Å². The first kappa shape index (κ1) is 19.2. The number of rotatable bonds is 5. The number of imidazole rings is 1. The van der Waals surface area contributed by atoms with Crippen LogP contribution in [-0.4, -0.2) is 34.5 Å². The number of benzene rings is 1. The topological polar surface area (TPSA) is 85.2 Å². The maximum absolute atomic E-state index is 12.9. The molecule has 144 valence electrons. The van der Waals surface area contributed by atoms with Crippen LogP contribution in [-0.2, 0) is 13.0 Å². The van der Waals surface area contributed by atoms with Crippen LogP contribution in [0.15, 0.2) is 18.2 Å². The van der Waals surface area contributed by atoms with E-state index in [-0.39, 0.29) is 17.8 Å². The van der Waals surface area contributed by atoms with Crippen molar-refractivity contribution in [3.63, 3.8) is 0 Å². The Kier molecular flexibility index (Phi) is 5.70. The lowest BCUT2D eigenvalue weighted by atomic mass is 10.1. The minimum atomic E-state index is -0.401. The summed E-state index contributed by atoms with van der Waals surface area (Å²) in [7, 11) is 1.52. The Hall–Kier alpha value is -2.54. The SMILES string of the molecule is COc1ccc(Cl)cc1NC(=O)c1nc(C(=O)NC(C)C)c2n1CCCC2. The molecule has 3 rings (SSSR count). The molecule has 1 aliphatic rings. The zero-order valence-electron chi connectivity index (χ0n) is 15.6. The molecule has 0 saturated carbocycles. The van der Waals surface area contributed by atoms with Gasteiger partial charge in [0, 0.05) is 17.6 Å². The van der Waals surface area contributed by atoms with Crippen molar-refractivity contribution in [2.75, 3.05) is 12.4 Å². The highest BCUT2D eigenvalue weighted by Crippen LogP contribution is 2.29. The van der Waals surface area contributed by atoms with Crippen molar-refractivity contribution in [2.45, 2.75) is 45.7 Å². The van der Waals surface area contributed by atoms with Gasteiger partial charge in [-0.2, -0.15) is 0 Å². The molecule has 0 spiro atoms. The number of hydrogen-bond donors (Lipinski definition) is 2. The summed E-state index contributed by atoms with van der Waals surface area (Å²) in [6.07, 6.45) is 2.63. The summed E-state index contributed by atoms with van der Waals surface area (Å²) in [6.45, 7) is 4.44. The highest BCUT2D eigenvalue weighted by molar-refractivity contribution is 6.31. The number of carbonyl (C=O) groups excluding carboxylic acids is 2. The lowest BCUT2D eigenvalue weighted by Gasteiger charge is -2.17. The summed E-state index contributed by atoms with van der Waals surface area (Å²) in [6, 6.07) is 4.97. The maximum Gasteiger partial charge on any atom is 0.291 e. The fraction of sp³-hybridized carbons (Fsp3) is 0.421. The van der Waals surface area contributed by atoms with Gasteiger partial charge in [0.05, 0.1) is 18.5 Å². The van der Waals surface area contributed by atoms with Crippen molar-refractivity contribution in [1.82, 2.24) is 14.9 Å². The van der Waals surface area contributed by atoms with Gasteiger partial charge in [0.25, 0.3) is 11.8 Å². The molecule has 2 amide bonds. The molecule has 1 aromatic carbocycles. The number of hydrogen-bond acceptors (Lipinski definition) is 4. The minimum absolute atomic E-state index is 0.00793. The van der Waals surface area contributed by atoms with Crippen LogP contribution in [0.1, 0.15) is 53.5 Å². The fourth-order valence-electron chi connectivity index (χ4n) is 3.18. The van der Waals surface area contributed by atoms with Crippen LogP contribution in [0.4, 0.5) is 5.69 Å². The van der Waals surface area contributed by atoms with Crippen molar-refractivity contribution >= 4 is 29.1 Å². The van der Waals surface area contributed by atoms with E-state index < -0.39 is 5.91 Å². The molecule has 2 heterocycles. The third-order valence-corrected chi connectivity index (χ3v) is 4.60. The summed E-state index contributed by atoms with van der Waals surface area (Å²) in [5, 5.41) is 6.13. The molecule has 0 radical (unpaired) electrons. The lowest BCUT2D eigenvalue weighted by Crippen LogP contribution is -2.31. The zero-order chi connectivity index (χ0) is 19.6. The Labute approximate surface area is 163 Å². The Balaban J connectivity index is 1.94. The largest absolute Gasteiger partial charge is 0.495 e. The highest BCUT2D eigenvalue weighted by atomic mass is 35.5. The van der Waals surface area contributed by atoms with Crippen molar-refractivity contribution in [3.8, 4) is 5.75 Å². The number of nitrogens with one attached hydrogen (secondary N) is 2. The number of ether oxygens (including phenoxy) is 1. The monoisotopic (exact) mass is 390 g/mol. The molecule has 0 aliphatic carbocycles. The smallest absolute Gasteiger partial charge is 0.291 e. The van der Waals surface area contributed by atoms with E-state index in [2.05, 4.69) is 15.6 Å². The van der Waals surface area contributed by atoms with Crippen LogP contribution in [0.3, 0.4) is 0 Å². The van der Waals surface area contributed by atoms with Crippen LogP contribution in [0.5, 0.6) is 5.75 Å². The standard InChI is InChI=1S/C19H23ClN4O3/c1-11(2)21-18(25)16-14-6-4-5-9-24(14)17(23-16)19(26)22-13-10-12(20)7-8-15(13)27-3/h7-8,10-11H,4-6,9H2,1-3H3,(H,21,25)(H,22,26). The van der Waals surface area contributed by atoms with E-state index in [1.807, 2.05) is 18.4 Å². The summed E-state index contributed by atoms with van der Waals surface area (Å²) < 4.78 is 7.11. The van der Waals surface area contributed by atoms with Gasteiger partial charge in [-0.25, -0.2) is 4.98 Å². The first-order chi connectivity index (χ1) is 12.9. The van der Waals surface area contributed by atoms with Gasteiger partial charge in [-0.3, -0.25) is 9.59 Å². The van der Waals surface area contributed by atoms with E-state index in [1.165, 1.54) is 7.11 Å². The molecular weight excluding hydrogens is 368 g/mol. The summed E-state index contributed by atoms with van der Waals surface area (Å²) in [4.78, 5) is 29.8. The van der Waals surface area contributed by atoms with Crippen LogP contribution in [0.25, 0.3) is 0 Å². The Morgan fingerprint density at radius 1 is 1.26 bits per heavy atom. The molecule has 27 heavy (non-hydrogen) atoms. The van der Waals surface area contributed by atoms with Crippen molar-refractivity contribution in [1.29, 1.82) is 0 Å². The molecule has 7 nitrogen and oxygen atoms in total. The number of carbonyl (C=O) groups is 2. The van der Waals surface area contributed by atoms with Gasteiger partial charge in [0.15, 0.2) is 5.82 Å². The van der Waals surface area contributed by atoms with E-state index in [9.17, 15) is 9.59 Å². The van der Waals surface area contributed by atoms with Gasteiger partial charge in [0.2, 0.25) is 0 Å². The zero-order valence-corrected chi connectivity index (χ0v) is 16.4. The van der Waals surface area contributed by atoms with E-state index in [4.69, 9.17) is 16.3 Å². The van der Waals surface area contributed by atoms with E-state index in [0.717, 1.165) is 25.0 Å². The number of halogens is 1. The average molecular weight is 391 g/mol. The predicted molar refractivity (Wildman–Crippen MR) is 104 cm³/mol. The summed E-state index contributed by atoms with van der Waals surface area (Å²) in [5.74, 6) is 0.0638. The molecule has 0 unspecified atom stereocenters. The lowest BCUT2D eigenvalue weighted by molar-refractivity contribution is 0.0937. The molecule has 2 N–H and O–H groups in total. The van der Waals surface area contributed by atoms with Crippen LogP contribution in [0, 0.1) is 0 Å². The molecule has 2 aromatic rings. The summed E-state index contributed by atoms with van der Waals surface area (Å²) >= 11 is 6.03.